The summed E-state index contributed by atoms with van der Waals surface area (Å²) in [5.74, 6) is 2.56. The molecule has 0 bridgehead atoms. The summed E-state index contributed by atoms with van der Waals surface area (Å²) in [4.78, 5) is 4.27. The van der Waals surface area contributed by atoms with Crippen LogP contribution in [-0.4, -0.2) is 47.0 Å². The van der Waals surface area contributed by atoms with E-state index in [9.17, 15) is 0 Å². The van der Waals surface area contributed by atoms with Gasteiger partial charge in [-0.25, -0.2) is 0 Å². The van der Waals surface area contributed by atoms with Gasteiger partial charge in [-0.2, -0.15) is 0 Å². The van der Waals surface area contributed by atoms with Crippen LogP contribution in [0.15, 0.2) is 41.4 Å². The standard InChI is InChI=1S/C22H30ClN3O4.HI/c1-5-29-21-19(23)12-16(13-20(21)28-4)15-25-22(24-2)26-17-8-6-9-18(14-17)30-11-7-10-27-3;/h6,8-9,12-14H,5,7,10-11,15H2,1-4H3,(H2,24,25,26);1H. The van der Waals surface area contributed by atoms with Crippen molar-refractivity contribution in [2.45, 2.75) is 19.9 Å². The largest absolute Gasteiger partial charge is 0.493 e. The van der Waals surface area contributed by atoms with Crippen molar-refractivity contribution in [3.8, 4) is 17.2 Å². The molecule has 2 N–H and O–H groups in total. The molecule has 9 heteroatoms. The molecule has 31 heavy (non-hydrogen) atoms. The molecular weight excluding hydrogens is 533 g/mol. The Morgan fingerprint density at radius 3 is 2.58 bits per heavy atom. The van der Waals surface area contributed by atoms with Crippen molar-refractivity contribution in [3.05, 3.63) is 47.0 Å². The molecule has 2 aromatic rings. The van der Waals surface area contributed by atoms with Crippen molar-refractivity contribution >= 4 is 47.2 Å². The van der Waals surface area contributed by atoms with Gasteiger partial charge in [-0.05, 0) is 36.8 Å². The second-order valence-corrected chi connectivity index (χ2v) is 6.72. The molecule has 0 saturated heterocycles. The third-order valence-corrected chi connectivity index (χ3v) is 4.40. The predicted molar refractivity (Wildman–Crippen MR) is 137 cm³/mol. The van der Waals surface area contributed by atoms with Crippen LogP contribution in [0.4, 0.5) is 5.69 Å². The highest BCUT2D eigenvalue weighted by atomic mass is 127. The maximum atomic E-state index is 6.35. The summed E-state index contributed by atoms with van der Waals surface area (Å²) in [5, 5.41) is 7.04. The zero-order valence-electron chi connectivity index (χ0n) is 18.4. The van der Waals surface area contributed by atoms with Crippen LogP contribution in [0.1, 0.15) is 18.9 Å². The number of anilines is 1. The fourth-order valence-electron chi connectivity index (χ4n) is 2.72. The fourth-order valence-corrected chi connectivity index (χ4v) is 3.01. The highest BCUT2D eigenvalue weighted by Crippen LogP contribution is 2.36. The second-order valence-electron chi connectivity index (χ2n) is 6.32. The Morgan fingerprint density at radius 1 is 1.10 bits per heavy atom. The van der Waals surface area contributed by atoms with Crippen LogP contribution in [0.25, 0.3) is 0 Å². The lowest BCUT2D eigenvalue weighted by Gasteiger charge is -2.15. The fraction of sp³-hybridized carbons (Fsp3) is 0.409. The van der Waals surface area contributed by atoms with E-state index < -0.39 is 0 Å². The highest BCUT2D eigenvalue weighted by molar-refractivity contribution is 14.0. The van der Waals surface area contributed by atoms with Crippen LogP contribution >= 0.6 is 35.6 Å². The maximum Gasteiger partial charge on any atom is 0.195 e. The van der Waals surface area contributed by atoms with Crippen molar-refractivity contribution in [1.82, 2.24) is 5.32 Å². The summed E-state index contributed by atoms with van der Waals surface area (Å²) >= 11 is 6.35. The van der Waals surface area contributed by atoms with Crippen molar-refractivity contribution in [2.75, 3.05) is 46.4 Å². The number of aliphatic imine (C=N–C) groups is 1. The number of nitrogens with one attached hydrogen (secondary N) is 2. The second kappa shape index (κ2) is 15.0. The molecule has 0 fully saturated rings. The van der Waals surface area contributed by atoms with E-state index in [0.29, 0.717) is 48.8 Å². The number of nitrogens with zero attached hydrogens (tertiary/aromatic N) is 1. The molecule has 0 aliphatic heterocycles. The van der Waals surface area contributed by atoms with Crippen LogP contribution in [0.3, 0.4) is 0 Å². The van der Waals surface area contributed by atoms with E-state index in [1.54, 1.807) is 21.3 Å². The van der Waals surface area contributed by atoms with Crippen LogP contribution in [0.2, 0.25) is 5.02 Å². The van der Waals surface area contributed by atoms with E-state index >= 15 is 0 Å². The molecule has 172 valence electrons. The van der Waals surface area contributed by atoms with Gasteiger partial charge in [0.2, 0.25) is 0 Å². The molecule has 0 unspecified atom stereocenters. The van der Waals surface area contributed by atoms with E-state index in [4.69, 9.17) is 30.5 Å². The molecule has 2 aromatic carbocycles. The minimum atomic E-state index is 0. The SMILES string of the molecule is CCOc1c(Cl)cc(CNC(=NC)Nc2cccc(OCCCOC)c2)cc1OC.I. The van der Waals surface area contributed by atoms with Gasteiger partial charge in [0.1, 0.15) is 5.75 Å². The summed E-state index contributed by atoms with van der Waals surface area (Å²) in [6.07, 6.45) is 0.839. The number of guanidine groups is 1. The Labute approximate surface area is 206 Å². The molecule has 0 aliphatic carbocycles. The molecule has 0 aliphatic rings. The van der Waals surface area contributed by atoms with Gasteiger partial charge in [-0.15, -0.1) is 24.0 Å². The molecule has 0 amide bonds. The van der Waals surface area contributed by atoms with E-state index in [1.165, 1.54) is 0 Å². The van der Waals surface area contributed by atoms with Crippen molar-refractivity contribution in [1.29, 1.82) is 0 Å². The molecule has 2 rings (SSSR count). The topological polar surface area (TPSA) is 73.3 Å². The van der Waals surface area contributed by atoms with Gasteiger partial charge in [0, 0.05) is 45.5 Å². The number of rotatable bonds is 11. The van der Waals surface area contributed by atoms with Crippen LogP contribution < -0.4 is 24.8 Å². The molecule has 0 aromatic heterocycles. The third-order valence-electron chi connectivity index (χ3n) is 4.12. The number of halogens is 2. The van der Waals surface area contributed by atoms with Gasteiger partial charge < -0.3 is 29.6 Å². The number of ether oxygens (including phenoxy) is 4. The summed E-state index contributed by atoms with van der Waals surface area (Å²) in [7, 11) is 4.99. The molecule has 7 nitrogen and oxygen atoms in total. The van der Waals surface area contributed by atoms with Gasteiger partial charge >= 0.3 is 0 Å². The summed E-state index contributed by atoms with van der Waals surface area (Å²) in [5.41, 5.74) is 1.81. The first-order valence-corrected chi connectivity index (χ1v) is 10.2. The zero-order valence-corrected chi connectivity index (χ0v) is 21.5. The third kappa shape index (κ3) is 9.00. The number of benzene rings is 2. The lowest BCUT2D eigenvalue weighted by molar-refractivity contribution is 0.172. The first-order valence-electron chi connectivity index (χ1n) is 9.79. The number of methoxy groups -OCH3 is 2. The first kappa shape index (κ1) is 27.1. The predicted octanol–water partition coefficient (Wildman–Crippen LogP) is 4.97. The summed E-state index contributed by atoms with van der Waals surface area (Å²) in [6, 6.07) is 11.5. The van der Waals surface area contributed by atoms with Crippen LogP contribution in [0, 0.1) is 0 Å². The van der Waals surface area contributed by atoms with Crippen molar-refractivity contribution in [2.24, 2.45) is 4.99 Å². The van der Waals surface area contributed by atoms with Gasteiger partial charge in [0.25, 0.3) is 0 Å². The minimum Gasteiger partial charge on any atom is -0.493 e. The monoisotopic (exact) mass is 563 g/mol. The summed E-state index contributed by atoms with van der Waals surface area (Å²) in [6.45, 7) is 4.20. The quantitative estimate of drug-likeness (QED) is 0.174. The van der Waals surface area contributed by atoms with Crippen molar-refractivity contribution in [3.63, 3.8) is 0 Å². The Kier molecular flexibility index (Phi) is 13.1. The average molecular weight is 564 g/mol. The average Bonchev–Trinajstić information content (AvgIpc) is 2.76. The van der Waals surface area contributed by atoms with Gasteiger partial charge in [0.05, 0.1) is 25.3 Å². The normalized spacial score (nSPS) is 10.8. The Balaban J connectivity index is 0.00000480. The Morgan fingerprint density at radius 2 is 1.90 bits per heavy atom. The Hall–Kier alpha value is -1.91. The maximum absolute atomic E-state index is 6.35. The van der Waals surface area contributed by atoms with Crippen molar-refractivity contribution < 1.29 is 18.9 Å². The van der Waals surface area contributed by atoms with Gasteiger partial charge in [-0.3, -0.25) is 4.99 Å². The van der Waals surface area contributed by atoms with Gasteiger partial charge in [-0.1, -0.05) is 17.7 Å². The minimum absolute atomic E-state index is 0. The molecule has 0 radical (unpaired) electrons. The van der Waals surface area contributed by atoms with E-state index in [2.05, 4.69) is 15.6 Å². The Bertz CT molecular complexity index is 836. The van der Waals surface area contributed by atoms with E-state index in [0.717, 1.165) is 23.4 Å². The molecular formula is C22H31ClIN3O4. The van der Waals surface area contributed by atoms with Crippen LogP contribution in [-0.2, 0) is 11.3 Å². The van der Waals surface area contributed by atoms with Gasteiger partial charge in [0.15, 0.2) is 17.5 Å². The summed E-state index contributed by atoms with van der Waals surface area (Å²) < 4.78 is 21.7. The molecule has 0 heterocycles. The van der Waals surface area contributed by atoms with Crippen LogP contribution in [0.5, 0.6) is 17.2 Å². The first-order chi connectivity index (χ1) is 14.6. The zero-order chi connectivity index (χ0) is 21.8. The lowest BCUT2D eigenvalue weighted by Crippen LogP contribution is -2.30. The van der Waals surface area contributed by atoms with E-state index in [1.807, 2.05) is 43.3 Å². The highest BCUT2D eigenvalue weighted by Gasteiger charge is 2.12. The lowest BCUT2D eigenvalue weighted by atomic mass is 10.2. The number of hydrogen-bond acceptors (Lipinski definition) is 5. The van der Waals surface area contributed by atoms with E-state index in [-0.39, 0.29) is 24.0 Å². The molecule has 0 atom stereocenters. The molecule has 0 spiro atoms. The number of hydrogen-bond donors (Lipinski definition) is 2. The molecule has 0 saturated carbocycles. The smallest absolute Gasteiger partial charge is 0.195 e.